The molecule has 0 radical (unpaired) electrons. The standard InChI is InChI=1S/C31H32N6O4S/c1-22-16-29(34-41-22)33-31(38)21-42(39,40)28-20-37(27-9-4-3-8-26(27)28)19-23-6-5-7-24(17-23)25-10-11-30(32-18-25)36-14-12-35(2)13-15-36/h3-11,16-18,20H,12-15,19,21H2,1-2H3,(H,33,34,38). The Balaban J connectivity index is 1.22. The first-order valence-corrected chi connectivity index (χ1v) is 15.4. The van der Waals surface area contributed by atoms with Crippen LogP contribution in [-0.2, 0) is 21.2 Å². The molecular weight excluding hydrogens is 552 g/mol. The van der Waals surface area contributed by atoms with Gasteiger partial charge in [-0.05, 0) is 49.4 Å². The largest absolute Gasteiger partial charge is 0.360 e. The van der Waals surface area contributed by atoms with Crippen molar-refractivity contribution in [1.82, 2.24) is 19.6 Å². The van der Waals surface area contributed by atoms with Crippen LogP contribution < -0.4 is 10.2 Å². The van der Waals surface area contributed by atoms with E-state index in [1.54, 1.807) is 25.3 Å². The van der Waals surface area contributed by atoms with Gasteiger partial charge in [-0.15, -0.1) is 0 Å². The van der Waals surface area contributed by atoms with Crippen LogP contribution in [0.2, 0.25) is 0 Å². The smallest absolute Gasteiger partial charge is 0.241 e. The van der Waals surface area contributed by atoms with Crippen molar-refractivity contribution in [2.45, 2.75) is 18.4 Å². The molecule has 0 unspecified atom stereocenters. The van der Waals surface area contributed by atoms with Gasteiger partial charge in [-0.25, -0.2) is 13.4 Å². The highest BCUT2D eigenvalue weighted by molar-refractivity contribution is 7.92. The van der Waals surface area contributed by atoms with Crippen molar-refractivity contribution in [2.75, 3.05) is 49.2 Å². The van der Waals surface area contributed by atoms with Crippen molar-refractivity contribution in [3.05, 3.63) is 90.4 Å². The zero-order chi connectivity index (χ0) is 29.3. The summed E-state index contributed by atoms with van der Waals surface area (Å²) in [5, 5.41) is 6.76. The first-order valence-electron chi connectivity index (χ1n) is 13.8. The van der Waals surface area contributed by atoms with E-state index in [0.29, 0.717) is 17.7 Å². The number of rotatable bonds is 8. The SMILES string of the molecule is Cc1cc(NC(=O)CS(=O)(=O)c2cn(Cc3cccc(-c4ccc(N5CCN(C)CC5)nc4)c3)c3ccccc23)no1. The Bertz CT molecular complexity index is 1840. The predicted molar refractivity (Wildman–Crippen MR) is 162 cm³/mol. The number of para-hydroxylation sites is 1. The minimum absolute atomic E-state index is 0.115. The molecule has 0 bridgehead atoms. The van der Waals surface area contributed by atoms with Crippen LogP contribution in [-0.4, -0.2) is 72.9 Å². The van der Waals surface area contributed by atoms with Crippen molar-refractivity contribution in [2.24, 2.45) is 0 Å². The molecule has 1 fully saturated rings. The second-order valence-corrected chi connectivity index (χ2v) is 12.6. The number of sulfone groups is 1. The summed E-state index contributed by atoms with van der Waals surface area (Å²) >= 11 is 0. The monoisotopic (exact) mass is 584 g/mol. The normalized spacial score (nSPS) is 14.4. The number of likely N-dealkylation sites (N-methyl/N-ethyl adjacent to an activating group) is 1. The zero-order valence-electron chi connectivity index (χ0n) is 23.5. The molecule has 216 valence electrons. The lowest BCUT2D eigenvalue weighted by Crippen LogP contribution is -2.44. The molecule has 3 aromatic heterocycles. The van der Waals surface area contributed by atoms with Crippen LogP contribution in [0.1, 0.15) is 11.3 Å². The van der Waals surface area contributed by atoms with E-state index in [9.17, 15) is 13.2 Å². The topological polar surface area (TPSA) is 114 Å². The van der Waals surface area contributed by atoms with Crippen molar-refractivity contribution < 1.29 is 17.7 Å². The van der Waals surface area contributed by atoms with Gasteiger partial charge in [-0.2, -0.15) is 0 Å². The van der Waals surface area contributed by atoms with Gasteiger partial charge in [0.25, 0.3) is 0 Å². The predicted octanol–water partition coefficient (Wildman–Crippen LogP) is 4.21. The Morgan fingerprint density at radius 1 is 0.976 bits per heavy atom. The summed E-state index contributed by atoms with van der Waals surface area (Å²) in [5.41, 5.74) is 3.84. The lowest BCUT2D eigenvalue weighted by atomic mass is 10.0. The van der Waals surface area contributed by atoms with Gasteiger partial charge in [0, 0.05) is 67.7 Å². The molecule has 42 heavy (non-hydrogen) atoms. The maximum absolute atomic E-state index is 13.4. The van der Waals surface area contributed by atoms with E-state index in [2.05, 4.69) is 51.6 Å². The number of carbonyl (C=O) groups is 1. The molecular formula is C31H32N6O4S. The van der Waals surface area contributed by atoms with E-state index in [0.717, 1.165) is 54.2 Å². The van der Waals surface area contributed by atoms with E-state index in [4.69, 9.17) is 9.51 Å². The summed E-state index contributed by atoms with van der Waals surface area (Å²) < 4.78 is 33.6. The minimum atomic E-state index is -3.94. The van der Waals surface area contributed by atoms with E-state index in [-0.39, 0.29) is 10.7 Å². The molecule has 0 aliphatic carbocycles. The summed E-state index contributed by atoms with van der Waals surface area (Å²) in [7, 11) is -1.81. The molecule has 4 heterocycles. The molecule has 1 saturated heterocycles. The molecule has 0 saturated carbocycles. The molecule has 1 amide bonds. The highest BCUT2D eigenvalue weighted by atomic mass is 32.2. The third kappa shape index (κ3) is 5.93. The number of benzene rings is 2. The Kier molecular flexibility index (Phi) is 7.53. The van der Waals surface area contributed by atoms with Gasteiger partial charge in [-0.3, -0.25) is 4.79 Å². The number of nitrogens with zero attached hydrogens (tertiary/aromatic N) is 5. The molecule has 0 spiro atoms. The van der Waals surface area contributed by atoms with Gasteiger partial charge in [0.05, 0.1) is 4.90 Å². The zero-order valence-corrected chi connectivity index (χ0v) is 24.3. The van der Waals surface area contributed by atoms with Crippen LogP contribution in [0.5, 0.6) is 0 Å². The van der Waals surface area contributed by atoms with Crippen LogP contribution in [0.3, 0.4) is 0 Å². The number of nitrogens with one attached hydrogen (secondary N) is 1. The van der Waals surface area contributed by atoms with Crippen molar-refractivity contribution in [1.29, 1.82) is 0 Å². The molecule has 11 heteroatoms. The van der Waals surface area contributed by atoms with Gasteiger partial charge in [-0.1, -0.05) is 41.6 Å². The van der Waals surface area contributed by atoms with Crippen LogP contribution in [0.25, 0.3) is 22.0 Å². The average molecular weight is 585 g/mol. The summed E-state index contributed by atoms with van der Waals surface area (Å²) in [4.78, 5) is 22.0. The van der Waals surface area contributed by atoms with Gasteiger partial charge in [0.1, 0.15) is 17.3 Å². The van der Waals surface area contributed by atoms with Gasteiger partial charge >= 0.3 is 0 Å². The van der Waals surface area contributed by atoms with E-state index >= 15 is 0 Å². The molecule has 5 aromatic rings. The van der Waals surface area contributed by atoms with Crippen molar-refractivity contribution in [3.8, 4) is 11.1 Å². The quantitative estimate of drug-likeness (QED) is 0.289. The number of hydrogen-bond acceptors (Lipinski definition) is 8. The van der Waals surface area contributed by atoms with Crippen LogP contribution >= 0.6 is 0 Å². The van der Waals surface area contributed by atoms with E-state index < -0.39 is 21.5 Å². The van der Waals surface area contributed by atoms with Crippen LogP contribution in [0, 0.1) is 6.92 Å². The first-order chi connectivity index (χ1) is 20.2. The summed E-state index contributed by atoms with van der Waals surface area (Å²) in [6.07, 6.45) is 3.53. The fourth-order valence-corrected chi connectivity index (χ4v) is 6.64. The summed E-state index contributed by atoms with van der Waals surface area (Å²) in [6, 6.07) is 21.2. The van der Waals surface area contributed by atoms with Gasteiger partial charge in [0.15, 0.2) is 15.7 Å². The number of carbonyl (C=O) groups excluding carboxylic acids is 1. The molecule has 1 aliphatic rings. The first kappa shape index (κ1) is 27.7. The molecule has 0 atom stereocenters. The van der Waals surface area contributed by atoms with Crippen LogP contribution in [0.15, 0.2) is 88.5 Å². The molecule has 10 nitrogen and oxygen atoms in total. The highest BCUT2D eigenvalue weighted by Gasteiger charge is 2.25. The number of fused-ring (bicyclic) bond motifs is 1. The molecule has 1 aliphatic heterocycles. The van der Waals surface area contributed by atoms with Gasteiger partial charge < -0.3 is 24.2 Å². The van der Waals surface area contributed by atoms with Crippen molar-refractivity contribution >= 4 is 38.3 Å². The molecule has 1 N–H and O–H groups in total. The Labute approximate surface area is 244 Å². The minimum Gasteiger partial charge on any atom is -0.360 e. The lowest BCUT2D eigenvalue weighted by Gasteiger charge is -2.33. The fraction of sp³-hybridized carbons (Fsp3) is 0.258. The lowest BCUT2D eigenvalue weighted by molar-refractivity contribution is -0.113. The van der Waals surface area contributed by atoms with E-state index in [1.807, 2.05) is 35.0 Å². The number of aryl methyl sites for hydroxylation is 1. The number of hydrogen-bond donors (Lipinski definition) is 1. The van der Waals surface area contributed by atoms with Gasteiger partial charge in [0.2, 0.25) is 5.91 Å². The second kappa shape index (κ2) is 11.4. The Morgan fingerprint density at radius 3 is 2.52 bits per heavy atom. The average Bonchev–Trinajstić information content (AvgIpc) is 3.56. The number of amides is 1. The molecule has 2 aromatic carbocycles. The maximum atomic E-state index is 13.4. The van der Waals surface area contributed by atoms with E-state index in [1.165, 1.54) is 6.07 Å². The summed E-state index contributed by atoms with van der Waals surface area (Å²) in [6.45, 7) is 6.13. The van der Waals surface area contributed by atoms with Crippen LogP contribution in [0.4, 0.5) is 11.6 Å². The fourth-order valence-electron chi connectivity index (χ4n) is 5.27. The highest BCUT2D eigenvalue weighted by Crippen LogP contribution is 2.29. The summed E-state index contributed by atoms with van der Waals surface area (Å²) in [5.74, 6) is 0.290. The Morgan fingerprint density at radius 2 is 1.79 bits per heavy atom. The molecule has 6 rings (SSSR count). The number of aromatic nitrogens is 3. The third-order valence-electron chi connectivity index (χ3n) is 7.49. The number of pyridine rings is 1. The second-order valence-electron chi connectivity index (χ2n) is 10.7. The maximum Gasteiger partial charge on any atom is 0.241 e. The van der Waals surface area contributed by atoms with Crippen molar-refractivity contribution in [3.63, 3.8) is 0 Å². The third-order valence-corrected chi connectivity index (χ3v) is 9.13. The number of piperazine rings is 1. The Hall–Kier alpha value is -4.48. The number of anilines is 2.